The van der Waals surface area contributed by atoms with Gasteiger partial charge in [0.15, 0.2) is 5.82 Å². The first kappa shape index (κ1) is 12.3. The summed E-state index contributed by atoms with van der Waals surface area (Å²) in [5, 5.41) is 7.54. The van der Waals surface area contributed by atoms with E-state index >= 15 is 0 Å². The van der Waals surface area contributed by atoms with Crippen molar-refractivity contribution in [3.8, 4) is 5.75 Å². The second-order valence-corrected chi connectivity index (χ2v) is 3.83. The Morgan fingerprint density at radius 2 is 2.17 bits per heavy atom. The fraction of sp³-hybridized carbons (Fsp3) is 0.308. The third-order valence-electron chi connectivity index (χ3n) is 2.59. The van der Waals surface area contributed by atoms with Crippen LogP contribution >= 0.6 is 0 Å². The maximum atomic E-state index is 6.03. The number of anilines is 3. The number of nitrogens with zero attached hydrogens (tertiary/aromatic N) is 2. The van der Waals surface area contributed by atoms with Gasteiger partial charge in [-0.15, -0.1) is 0 Å². The molecule has 5 nitrogen and oxygen atoms in total. The largest absolute Gasteiger partial charge is 0.492 e. The van der Waals surface area contributed by atoms with E-state index < -0.39 is 0 Å². The van der Waals surface area contributed by atoms with Crippen molar-refractivity contribution < 1.29 is 4.74 Å². The van der Waals surface area contributed by atoms with Crippen molar-refractivity contribution in [3.63, 3.8) is 0 Å². The molecule has 0 radical (unpaired) electrons. The summed E-state index contributed by atoms with van der Waals surface area (Å²) in [6.45, 7) is 5.41. The van der Waals surface area contributed by atoms with Gasteiger partial charge in [-0.05, 0) is 26.0 Å². The number of nitrogens with one attached hydrogen (secondary N) is 1. The normalized spacial score (nSPS) is 10.3. The van der Waals surface area contributed by atoms with Crippen LogP contribution in [-0.4, -0.2) is 16.4 Å². The number of benzene rings is 1. The second-order valence-electron chi connectivity index (χ2n) is 3.83. The maximum absolute atomic E-state index is 6.03. The SMILES string of the molecule is CCOc1cccc(Nc2ccn(CC)n2)c1N. The molecule has 0 unspecified atom stereocenters. The van der Waals surface area contributed by atoms with Gasteiger partial charge in [-0.2, -0.15) is 5.10 Å². The van der Waals surface area contributed by atoms with Gasteiger partial charge in [0, 0.05) is 18.8 Å². The molecule has 0 aliphatic rings. The van der Waals surface area contributed by atoms with Gasteiger partial charge >= 0.3 is 0 Å². The molecule has 5 heteroatoms. The third-order valence-corrected chi connectivity index (χ3v) is 2.59. The molecule has 18 heavy (non-hydrogen) atoms. The smallest absolute Gasteiger partial charge is 0.152 e. The second kappa shape index (κ2) is 5.44. The molecule has 0 atom stereocenters. The predicted molar refractivity (Wildman–Crippen MR) is 73.2 cm³/mol. The molecule has 0 saturated carbocycles. The number of nitrogens with two attached hydrogens (primary N) is 1. The highest BCUT2D eigenvalue weighted by atomic mass is 16.5. The third kappa shape index (κ3) is 2.56. The van der Waals surface area contributed by atoms with Crippen LogP contribution in [0.5, 0.6) is 5.75 Å². The molecule has 0 bridgehead atoms. The molecule has 1 heterocycles. The minimum Gasteiger partial charge on any atom is -0.492 e. The predicted octanol–water partition coefficient (Wildman–Crippen LogP) is 2.63. The molecular weight excluding hydrogens is 228 g/mol. The van der Waals surface area contributed by atoms with Gasteiger partial charge in [0.2, 0.25) is 0 Å². The number of nitrogen functional groups attached to an aromatic ring is 1. The van der Waals surface area contributed by atoms with E-state index in [9.17, 15) is 0 Å². The number of para-hydroxylation sites is 1. The Bertz CT molecular complexity index is 521. The van der Waals surface area contributed by atoms with E-state index in [4.69, 9.17) is 10.5 Å². The minimum absolute atomic E-state index is 0.595. The summed E-state index contributed by atoms with van der Waals surface area (Å²) in [5.74, 6) is 1.47. The van der Waals surface area contributed by atoms with Gasteiger partial charge in [-0.3, -0.25) is 4.68 Å². The average molecular weight is 246 g/mol. The van der Waals surface area contributed by atoms with Gasteiger partial charge in [-0.1, -0.05) is 6.07 Å². The van der Waals surface area contributed by atoms with Crippen LogP contribution in [0.4, 0.5) is 17.2 Å². The summed E-state index contributed by atoms with van der Waals surface area (Å²) in [7, 11) is 0. The van der Waals surface area contributed by atoms with E-state index in [-0.39, 0.29) is 0 Å². The van der Waals surface area contributed by atoms with Gasteiger partial charge < -0.3 is 15.8 Å². The molecule has 0 aliphatic carbocycles. The van der Waals surface area contributed by atoms with E-state index in [2.05, 4.69) is 10.4 Å². The van der Waals surface area contributed by atoms with E-state index in [1.54, 1.807) is 0 Å². The number of hydrogen-bond donors (Lipinski definition) is 2. The van der Waals surface area contributed by atoms with Crippen LogP contribution in [0.3, 0.4) is 0 Å². The number of aromatic nitrogens is 2. The van der Waals surface area contributed by atoms with Crippen LogP contribution in [0.2, 0.25) is 0 Å². The summed E-state index contributed by atoms with van der Waals surface area (Å²) in [5.41, 5.74) is 7.44. The van der Waals surface area contributed by atoms with Crippen LogP contribution in [0.1, 0.15) is 13.8 Å². The number of hydrogen-bond acceptors (Lipinski definition) is 4. The topological polar surface area (TPSA) is 65.1 Å². The summed E-state index contributed by atoms with van der Waals surface area (Å²) in [6.07, 6.45) is 1.92. The lowest BCUT2D eigenvalue weighted by Gasteiger charge is -2.11. The highest BCUT2D eigenvalue weighted by Crippen LogP contribution is 2.31. The van der Waals surface area contributed by atoms with E-state index in [0.717, 1.165) is 18.1 Å². The zero-order chi connectivity index (χ0) is 13.0. The summed E-state index contributed by atoms with van der Waals surface area (Å²) < 4.78 is 7.30. The molecule has 0 saturated heterocycles. The van der Waals surface area contributed by atoms with Crippen LogP contribution in [0.25, 0.3) is 0 Å². The quantitative estimate of drug-likeness (QED) is 0.796. The highest BCUT2D eigenvalue weighted by molar-refractivity contribution is 5.76. The minimum atomic E-state index is 0.595. The van der Waals surface area contributed by atoms with Crippen molar-refractivity contribution in [2.75, 3.05) is 17.7 Å². The van der Waals surface area contributed by atoms with E-state index in [0.29, 0.717) is 18.0 Å². The molecule has 2 rings (SSSR count). The Hall–Kier alpha value is -2.17. The van der Waals surface area contributed by atoms with Crippen LogP contribution in [0, 0.1) is 0 Å². The molecular formula is C13H18N4O. The molecule has 0 spiro atoms. The molecule has 0 fully saturated rings. The van der Waals surface area contributed by atoms with E-state index in [1.807, 2.05) is 49.0 Å². The van der Waals surface area contributed by atoms with Crippen LogP contribution in [-0.2, 0) is 6.54 Å². The standard InChI is InChI=1S/C13H18N4O/c1-3-17-9-8-12(16-17)15-10-6-5-7-11(13(10)14)18-4-2/h5-9H,3-4,14H2,1-2H3,(H,15,16). The van der Waals surface area contributed by atoms with Crippen LogP contribution < -0.4 is 15.8 Å². The van der Waals surface area contributed by atoms with Gasteiger partial charge in [0.1, 0.15) is 5.75 Å². The van der Waals surface area contributed by atoms with Crippen molar-refractivity contribution in [2.45, 2.75) is 20.4 Å². The number of rotatable bonds is 5. The molecule has 1 aromatic heterocycles. The van der Waals surface area contributed by atoms with Crippen molar-refractivity contribution in [2.24, 2.45) is 0 Å². The molecule has 0 amide bonds. The van der Waals surface area contributed by atoms with Gasteiger partial charge in [0.05, 0.1) is 18.0 Å². The average Bonchev–Trinajstić information content (AvgIpc) is 2.82. The first-order chi connectivity index (χ1) is 8.74. The lowest BCUT2D eigenvalue weighted by Crippen LogP contribution is -2.02. The van der Waals surface area contributed by atoms with Crippen molar-refractivity contribution in [1.82, 2.24) is 9.78 Å². The first-order valence-corrected chi connectivity index (χ1v) is 6.06. The Morgan fingerprint density at radius 1 is 1.33 bits per heavy atom. The Kier molecular flexibility index (Phi) is 3.72. The number of aryl methyl sites for hydroxylation is 1. The monoisotopic (exact) mass is 246 g/mol. The Labute approximate surface area is 107 Å². The van der Waals surface area contributed by atoms with Gasteiger partial charge in [-0.25, -0.2) is 0 Å². The van der Waals surface area contributed by atoms with Crippen LogP contribution in [0.15, 0.2) is 30.5 Å². The van der Waals surface area contributed by atoms with Gasteiger partial charge in [0.25, 0.3) is 0 Å². The fourth-order valence-corrected chi connectivity index (χ4v) is 1.68. The molecule has 2 aromatic rings. The molecule has 3 N–H and O–H groups in total. The lowest BCUT2D eigenvalue weighted by atomic mass is 10.2. The molecule has 1 aromatic carbocycles. The lowest BCUT2D eigenvalue weighted by molar-refractivity contribution is 0.342. The zero-order valence-electron chi connectivity index (χ0n) is 10.7. The summed E-state index contributed by atoms with van der Waals surface area (Å²) in [4.78, 5) is 0. The van der Waals surface area contributed by atoms with Crippen molar-refractivity contribution in [3.05, 3.63) is 30.5 Å². The highest BCUT2D eigenvalue weighted by Gasteiger charge is 2.07. The van der Waals surface area contributed by atoms with Crippen molar-refractivity contribution in [1.29, 1.82) is 0 Å². The first-order valence-electron chi connectivity index (χ1n) is 6.06. The van der Waals surface area contributed by atoms with Crippen molar-refractivity contribution >= 4 is 17.2 Å². The Balaban J connectivity index is 2.20. The number of ether oxygens (including phenoxy) is 1. The van der Waals surface area contributed by atoms with E-state index in [1.165, 1.54) is 0 Å². The Morgan fingerprint density at radius 3 is 2.83 bits per heavy atom. The summed E-state index contributed by atoms with van der Waals surface area (Å²) >= 11 is 0. The molecule has 96 valence electrons. The maximum Gasteiger partial charge on any atom is 0.152 e. The molecule has 0 aliphatic heterocycles. The fourth-order valence-electron chi connectivity index (χ4n) is 1.68. The summed E-state index contributed by atoms with van der Waals surface area (Å²) in [6, 6.07) is 7.58. The zero-order valence-corrected chi connectivity index (χ0v) is 10.7.